The van der Waals surface area contributed by atoms with Gasteiger partial charge in [0.2, 0.25) is 0 Å². The normalized spacial score (nSPS) is 27.8. The van der Waals surface area contributed by atoms with Crippen LogP contribution in [0.4, 0.5) is 14.5 Å². The minimum Gasteiger partial charge on any atom is -0.462 e. The maximum Gasteiger partial charge on any atom is 0.341 e. The molecule has 0 aliphatic heterocycles. The molecule has 2 fully saturated rings. The third-order valence-corrected chi connectivity index (χ3v) is 4.62. The van der Waals surface area contributed by atoms with E-state index in [0.29, 0.717) is 18.4 Å². The van der Waals surface area contributed by atoms with Gasteiger partial charge in [-0.25, -0.2) is 13.6 Å². The molecule has 0 aromatic heterocycles. The monoisotopic (exact) mass is 281 g/mol. The van der Waals surface area contributed by atoms with Gasteiger partial charge in [-0.1, -0.05) is 6.42 Å². The van der Waals surface area contributed by atoms with Crippen LogP contribution in [0.25, 0.3) is 0 Å². The number of hydrogen-bond acceptors (Lipinski definition) is 3. The van der Waals surface area contributed by atoms with Crippen LogP contribution in [0.2, 0.25) is 0 Å². The van der Waals surface area contributed by atoms with Crippen LogP contribution < -0.4 is 5.73 Å². The van der Waals surface area contributed by atoms with Crippen LogP contribution in [0.5, 0.6) is 0 Å². The van der Waals surface area contributed by atoms with Gasteiger partial charge in [0, 0.05) is 6.07 Å². The van der Waals surface area contributed by atoms with Gasteiger partial charge in [0.05, 0.1) is 17.9 Å². The molecule has 2 aliphatic carbocycles. The highest BCUT2D eigenvalue weighted by Crippen LogP contribution is 2.48. The average Bonchev–Trinajstić information content (AvgIpc) is 3.02. The van der Waals surface area contributed by atoms with E-state index in [1.165, 1.54) is 19.3 Å². The predicted molar refractivity (Wildman–Crippen MR) is 70.0 cm³/mol. The van der Waals surface area contributed by atoms with Crippen LogP contribution in [-0.2, 0) is 4.74 Å². The highest BCUT2D eigenvalue weighted by atomic mass is 19.1. The molecule has 2 aliphatic rings. The Kier molecular flexibility index (Phi) is 3.36. The first-order chi connectivity index (χ1) is 9.54. The topological polar surface area (TPSA) is 52.3 Å². The molecule has 5 heteroatoms. The molecule has 2 N–H and O–H groups in total. The summed E-state index contributed by atoms with van der Waals surface area (Å²) >= 11 is 0. The molecule has 0 amide bonds. The van der Waals surface area contributed by atoms with Crippen molar-refractivity contribution in [2.45, 2.75) is 25.7 Å². The molecule has 3 unspecified atom stereocenters. The lowest BCUT2D eigenvalue weighted by Crippen LogP contribution is -2.20. The Morgan fingerprint density at radius 3 is 2.70 bits per heavy atom. The Morgan fingerprint density at radius 2 is 2.05 bits per heavy atom. The number of hydrogen-bond donors (Lipinski definition) is 1. The Morgan fingerprint density at radius 1 is 1.25 bits per heavy atom. The fraction of sp³-hybridized carbons (Fsp3) is 0.533. The van der Waals surface area contributed by atoms with Gasteiger partial charge in [-0.2, -0.15) is 0 Å². The van der Waals surface area contributed by atoms with Crippen LogP contribution in [0.15, 0.2) is 12.1 Å². The number of carbonyl (C=O) groups excluding carboxylic acids is 1. The molecule has 1 aromatic carbocycles. The second kappa shape index (κ2) is 5.04. The van der Waals surface area contributed by atoms with E-state index < -0.39 is 17.6 Å². The molecular formula is C15H17F2NO2. The standard InChI is InChI=1S/C15H17F2NO2/c16-12-6-14(18)13(17)5-11(12)15(19)20-7-10-4-8-1-2-9(10)3-8/h5-6,8-10H,1-4,7,18H2. The molecule has 0 heterocycles. The van der Waals surface area contributed by atoms with Crippen molar-refractivity contribution in [1.29, 1.82) is 0 Å². The largest absolute Gasteiger partial charge is 0.462 e. The lowest BCUT2D eigenvalue weighted by molar-refractivity contribution is 0.0388. The quantitative estimate of drug-likeness (QED) is 0.684. The second-order valence-electron chi connectivity index (χ2n) is 5.89. The molecule has 108 valence electrons. The van der Waals surface area contributed by atoms with Gasteiger partial charge < -0.3 is 10.5 Å². The van der Waals surface area contributed by atoms with E-state index in [-0.39, 0.29) is 11.3 Å². The fourth-order valence-corrected chi connectivity index (χ4v) is 3.56. The number of nitrogens with two attached hydrogens (primary N) is 1. The summed E-state index contributed by atoms with van der Waals surface area (Å²) in [6.45, 7) is 0.297. The van der Waals surface area contributed by atoms with E-state index in [2.05, 4.69) is 0 Å². The third kappa shape index (κ3) is 2.37. The number of halogens is 2. The summed E-state index contributed by atoms with van der Waals surface area (Å²) in [5, 5.41) is 0. The van der Waals surface area contributed by atoms with Crippen molar-refractivity contribution < 1.29 is 18.3 Å². The van der Waals surface area contributed by atoms with Crippen molar-refractivity contribution in [2.75, 3.05) is 12.3 Å². The number of nitrogen functional groups attached to an aromatic ring is 1. The number of benzene rings is 1. The van der Waals surface area contributed by atoms with Gasteiger partial charge in [-0.3, -0.25) is 0 Å². The Bertz CT molecular complexity index is 547. The molecule has 0 spiro atoms. The van der Waals surface area contributed by atoms with E-state index in [9.17, 15) is 13.6 Å². The fourth-order valence-electron chi connectivity index (χ4n) is 3.56. The number of rotatable bonds is 3. The van der Waals surface area contributed by atoms with Crippen molar-refractivity contribution in [1.82, 2.24) is 0 Å². The van der Waals surface area contributed by atoms with Crippen LogP contribution in [-0.4, -0.2) is 12.6 Å². The van der Waals surface area contributed by atoms with Gasteiger partial charge in [0.25, 0.3) is 0 Å². The van der Waals surface area contributed by atoms with Crippen LogP contribution in [0, 0.1) is 29.4 Å². The molecule has 1 aromatic rings. The number of anilines is 1. The number of carbonyl (C=O) groups is 1. The number of ether oxygens (including phenoxy) is 1. The zero-order chi connectivity index (χ0) is 14.3. The SMILES string of the molecule is Nc1cc(F)c(C(=O)OCC2CC3CCC2C3)cc1F. The summed E-state index contributed by atoms with van der Waals surface area (Å²) < 4.78 is 32.0. The molecule has 20 heavy (non-hydrogen) atoms. The van der Waals surface area contributed by atoms with E-state index in [1.54, 1.807) is 0 Å². The van der Waals surface area contributed by atoms with Crippen molar-refractivity contribution >= 4 is 11.7 Å². The first-order valence-electron chi connectivity index (χ1n) is 6.96. The van der Waals surface area contributed by atoms with Crippen molar-refractivity contribution in [3.05, 3.63) is 29.3 Å². The van der Waals surface area contributed by atoms with E-state index in [4.69, 9.17) is 10.5 Å². The zero-order valence-corrected chi connectivity index (χ0v) is 11.1. The van der Waals surface area contributed by atoms with Gasteiger partial charge in [0.15, 0.2) is 0 Å². The smallest absolute Gasteiger partial charge is 0.341 e. The molecule has 3 nitrogen and oxygen atoms in total. The molecule has 3 rings (SSSR count). The number of esters is 1. The minimum absolute atomic E-state index is 0.297. The predicted octanol–water partition coefficient (Wildman–Crippen LogP) is 3.14. The average molecular weight is 281 g/mol. The van der Waals surface area contributed by atoms with Gasteiger partial charge >= 0.3 is 5.97 Å². The molecule has 3 atom stereocenters. The highest BCUT2D eigenvalue weighted by molar-refractivity contribution is 5.90. The molecule has 0 radical (unpaired) electrons. The van der Waals surface area contributed by atoms with Gasteiger partial charge in [-0.15, -0.1) is 0 Å². The van der Waals surface area contributed by atoms with Gasteiger partial charge in [-0.05, 0) is 43.1 Å². The molecule has 0 saturated heterocycles. The first kappa shape index (κ1) is 13.3. The summed E-state index contributed by atoms with van der Waals surface area (Å²) in [6, 6.07) is 1.61. The third-order valence-electron chi connectivity index (χ3n) is 4.62. The second-order valence-corrected chi connectivity index (χ2v) is 5.89. The Labute approximate surface area is 116 Å². The van der Waals surface area contributed by atoms with Crippen molar-refractivity contribution in [2.24, 2.45) is 17.8 Å². The highest BCUT2D eigenvalue weighted by Gasteiger charge is 2.40. The maximum absolute atomic E-state index is 13.6. The van der Waals surface area contributed by atoms with E-state index >= 15 is 0 Å². The molecule has 2 saturated carbocycles. The van der Waals surface area contributed by atoms with Gasteiger partial charge in [0.1, 0.15) is 11.6 Å². The molecule has 2 bridgehead atoms. The van der Waals surface area contributed by atoms with E-state index in [1.807, 2.05) is 0 Å². The summed E-state index contributed by atoms with van der Waals surface area (Å²) in [5.74, 6) is -0.709. The minimum atomic E-state index is -0.846. The zero-order valence-electron chi connectivity index (χ0n) is 11.1. The van der Waals surface area contributed by atoms with Crippen LogP contribution in [0.3, 0.4) is 0 Å². The summed E-state index contributed by atoms with van der Waals surface area (Å²) in [7, 11) is 0. The van der Waals surface area contributed by atoms with Crippen LogP contribution in [0.1, 0.15) is 36.0 Å². The summed E-state index contributed by atoms with van der Waals surface area (Å²) in [6.07, 6.45) is 4.76. The maximum atomic E-state index is 13.6. The Hall–Kier alpha value is -1.65. The van der Waals surface area contributed by atoms with E-state index in [0.717, 1.165) is 24.5 Å². The lowest BCUT2D eigenvalue weighted by Gasteiger charge is -2.21. The first-order valence-corrected chi connectivity index (χ1v) is 6.96. The van der Waals surface area contributed by atoms with Crippen molar-refractivity contribution in [3.8, 4) is 0 Å². The van der Waals surface area contributed by atoms with Crippen LogP contribution >= 0.6 is 0 Å². The van der Waals surface area contributed by atoms with Crippen molar-refractivity contribution in [3.63, 3.8) is 0 Å². The summed E-state index contributed by atoms with van der Waals surface area (Å²) in [5.41, 5.74) is 4.54. The lowest BCUT2D eigenvalue weighted by atomic mass is 9.89. The summed E-state index contributed by atoms with van der Waals surface area (Å²) in [4.78, 5) is 11.8. The Balaban J connectivity index is 1.63. The molecular weight excluding hydrogens is 264 g/mol. The number of fused-ring (bicyclic) bond motifs is 2.